The summed E-state index contributed by atoms with van der Waals surface area (Å²) in [6.45, 7) is 7.85. The molecule has 0 aliphatic heterocycles. The molecule has 2 heterocycles. The number of rotatable bonds is 5. The van der Waals surface area contributed by atoms with E-state index in [9.17, 15) is 13.6 Å². The van der Waals surface area contributed by atoms with E-state index >= 15 is 0 Å². The summed E-state index contributed by atoms with van der Waals surface area (Å²) in [5, 5.41) is 6.96. The number of nitrogens with zero attached hydrogens (tertiary/aromatic N) is 4. The van der Waals surface area contributed by atoms with Gasteiger partial charge in [-0.2, -0.15) is 8.78 Å². The normalized spacial score (nSPS) is 10.6. The Morgan fingerprint density at radius 2 is 1.41 bits per heavy atom. The van der Waals surface area contributed by atoms with Gasteiger partial charge in [0.25, 0.3) is 0 Å². The van der Waals surface area contributed by atoms with Crippen LogP contribution in [0.25, 0.3) is 11.1 Å². The van der Waals surface area contributed by atoms with E-state index in [0.29, 0.717) is 5.56 Å². The van der Waals surface area contributed by atoms with Crippen LogP contribution in [0.2, 0.25) is 0 Å². The Bertz CT molecular complexity index is 1200. The third-order valence-corrected chi connectivity index (χ3v) is 5.28. The monoisotopic (exact) mass is 464 g/mol. The average Bonchev–Trinajstić information content (AvgIpc) is 3.31. The summed E-state index contributed by atoms with van der Waals surface area (Å²) in [6, 6.07) is 16.9. The van der Waals surface area contributed by atoms with Crippen LogP contribution in [-0.2, 0) is 17.3 Å². The van der Waals surface area contributed by atoms with Crippen LogP contribution in [0.5, 0.6) is 0 Å². The number of aryl methyl sites for hydroxylation is 4. The fraction of sp³-hybridized carbons (Fsp3) is 0.259. The third-order valence-electron chi connectivity index (χ3n) is 5.28. The van der Waals surface area contributed by atoms with E-state index in [1.807, 2.05) is 31.2 Å². The minimum Gasteiger partial charge on any atom is -0.312 e. The first-order valence-electron chi connectivity index (χ1n) is 10.5. The van der Waals surface area contributed by atoms with E-state index in [2.05, 4.69) is 54.2 Å². The number of hydrogen-bond donors (Lipinski definition) is 0. The number of aromatic nitrogens is 4. The largest absolute Gasteiger partial charge is 0.348 e. The van der Waals surface area contributed by atoms with Gasteiger partial charge in [0, 0.05) is 11.8 Å². The van der Waals surface area contributed by atoms with E-state index < -0.39 is 23.9 Å². The Labute approximate surface area is 199 Å². The number of benzene rings is 2. The van der Waals surface area contributed by atoms with Crippen LogP contribution in [0.3, 0.4) is 0 Å². The first-order valence-corrected chi connectivity index (χ1v) is 10.5. The fourth-order valence-corrected chi connectivity index (χ4v) is 3.10. The summed E-state index contributed by atoms with van der Waals surface area (Å²) in [5.41, 5.74) is 6.22. The van der Waals surface area contributed by atoms with Gasteiger partial charge >= 0.3 is 5.92 Å². The van der Waals surface area contributed by atoms with Gasteiger partial charge in [-0.15, -0.1) is 10.2 Å². The van der Waals surface area contributed by atoms with E-state index in [4.69, 9.17) is 0 Å². The molecule has 34 heavy (non-hydrogen) atoms. The Kier molecular flexibility index (Phi) is 8.90. The molecular weight excluding hydrogens is 434 g/mol. The predicted molar refractivity (Wildman–Crippen MR) is 131 cm³/mol. The quantitative estimate of drug-likeness (QED) is 0.350. The number of hydrogen-bond acceptors (Lipinski definition) is 4. The van der Waals surface area contributed by atoms with Crippen molar-refractivity contribution in [3.8, 4) is 11.1 Å². The van der Waals surface area contributed by atoms with Crippen LogP contribution >= 0.6 is 0 Å². The molecule has 4 aromatic rings. The Hall–Kier alpha value is -3.74. The molecule has 0 amide bonds. The van der Waals surface area contributed by atoms with E-state index in [0.717, 1.165) is 11.1 Å². The second-order valence-corrected chi connectivity index (χ2v) is 8.02. The highest BCUT2D eigenvalue weighted by molar-refractivity contribution is 5.86. The zero-order valence-electron chi connectivity index (χ0n) is 19.1. The summed E-state index contributed by atoms with van der Waals surface area (Å²) in [6.07, 6.45) is 3.77. The van der Waals surface area contributed by atoms with Gasteiger partial charge in [0.15, 0.2) is 0 Å². The van der Waals surface area contributed by atoms with Crippen LogP contribution in [0.1, 0.15) is 35.4 Å². The topological polar surface area (TPSA) is 60.7 Å². The summed E-state index contributed by atoms with van der Waals surface area (Å²) in [4.78, 5) is 15.6. The van der Waals surface area contributed by atoms with Crippen molar-refractivity contribution in [3.63, 3.8) is 0 Å². The maximum absolute atomic E-state index is 14.3. The first-order chi connectivity index (χ1) is 15.7. The highest BCUT2D eigenvalue weighted by Crippen LogP contribution is 2.29. The molecule has 0 saturated heterocycles. The molecule has 7 heteroatoms. The number of Topliss-reactive ketones (excluding diaryl/α,β-unsaturated/α-hetero) is 1. The zero-order valence-corrected chi connectivity index (χ0v) is 19.1. The fourth-order valence-electron chi connectivity index (χ4n) is 3.10. The van der Waals surface area contributed by atoms with Crippen molar-refractivity contribution < 1.29 is 13.6 Å². The molecule has 0 unspecified atom stereocenters. The SMILES string of the molecule is C.Cc1ccc(-c2ccc(C(F)(F)C(=O)Cn3cnnc3)nc2)cc1.Cc1ccc(C)c(C)c1. The molecule has 0 saturated carbocycles. The van der Waals surface area contributed by atoms with Gasteiger partial charge in [-0.3, -0.25) is 9.78 Å². The highest BCUT2D eigenvalue weighted by atomic mass is 19.3. The third kappa shape index (κ3) is 6.63. The van der Waals surface area contributed by atoms with Crippen molar-refractivity contribution >= 4 is 5.78 Å². The maximum Gasteiger partial charge on any atom is 0.348 e. The second-order valence-electron chi connectivity index (χ2n) is 8.02. The average molecular weight is 465 g/mol. The second kappa shape index (κ2) is 11.4. The lowest BCUT2D eigenvalue weighted by molar-refractivity contribution is -0.145. The molecule has 0 spiro atoms. The number of ketones is 1. The Morgan fingerprint density at radius 1 is 0.824 bits per heavy atom. The lowest BCUT2D eigenvalue weighted by Crippen LogP contribution is -2.30. The molecule has 0 fully saturated rings. The van der Waals surface area contributed by atoms with Crippen LogP contribution in [0, 0.1) is 27.7 Å². The maximum atomic E-state index is 14.3. The molecule has 0 aliphatic rings. The standard InChI is InChI=1S/C17H14F2N4O.C9H12.CH4/c1-12-2-4-13(5-3-12)14-6-7-15(20-8-14)17(18,19)16(24)9-23-10-21-22-11-23;1-7-4-5-8(2)9(3)6-7;/h2-8,10-11H,9H2,1H3;4-6H,1-3H3;1H4. The van der Waals surface area contributed by atoms with Crippen LogP contribution in [-0.4, -0.2) is 25.5 Å². The van der Waals surface area contributed by atoms with Crippen LogP contribution < -0.4 is 0 Å². The number of carbonyl (C=O) groups is 1. The number of pyridine rings is 1. The number of alkyl halides is 2. The lowest BCUT2D eigenvalue weighted by atomic mass is 10.0. The van der Waals surface area contributed by atoms with E-state index in [-0.39, 0.29) is 7.43 Å². The van der Waals surface area contributed by atoms with Gasteiger partial charge in [-0.25, -0.2) is 0 Å². The first kappa shape index (κ1) is 26.5. The van der Waals surface area contributed by atoms with Gasteiger partial charge in [0.2, 0.25) is 5.78 Å². The molecule has 5 nitrogen and oxygen atoms in total. The van der Waals surface area contributed by atoms with Crippen molar-refractivity contribution in [1.82, 2.24) is 19.7 Å². The Morgan fingerprint density at radius 3 is 1.94 bits per heavy atom. The molecule has 0 bridgehead atoms. The van der Waals surface area contributed by atoms with Gasteiger partial charge < -0.3 is 4.57 Å². The molecule has 0 radical (unpaired) electrons. The number of carbonyl (C=O) groups excluding carboxylic acids is 1. The summed E-state index contributed by atoms with van der Waals surface area (Å²) < 4.78 is 29.7. The summed E-state index contributed by atoms with van der Waals surface area (Å²) >= 11 is 0. The summed E-state index contributed by atoms with van der Waals surface area (Å²) in [7, 11) is 0. The molecule has 0 aliphatic carbocycles. The van der Waals surface area contributed by atoms with Crippen molar-refractivity contribution in [2.45, 2.75) is 47.6 Å². The van der Waals surface area contributed by atoms with E-state index in [1.54, 1.807) is 0 Å². The van der Waals surface area contributed by atoms with Gasteiger partial charge in [-0.1, -0.05) is 67.1 Å². The van der Waals surface area contributed by atoms with Crippen molar-refractivity contribution in [3.05, 3.63) is 101 Å². The van der Waals surface area contributed by atoms with Crippen molar-refractivity contribution in [2.75, 3.05) is 0 Å². The number of halogens is 2. The van der Waals surface area contributed by atoms with Gasteiger partial charge in [-0.05, 0) is 50.5 Å². The smallest absolute Gasteiger partial charge is 0.312 e. The molecular formula is C27H30F2N4O. The predicted octanol–water partition coefficient (Wildman–Crippen LogP) is 6.26. The molecule has 4 rings (SSSR count). The van der Waals surface area contributed by atoms with Gasteiger partial charge in [0.05, 0.1) is 6.54 Å². The van der Waals surface area contributed by atoms with E-state index in [1.165, 1.54) is 52.2 Å². The lowest BCUT2D eigenvalue weighted by Gasteiger charge is -2.15. The molecule has 0 atom stereocenters. The minimum absolute atomic E-state index is 0. The molecule has 0 N–H and O–H groups in total. The van der Waals surface area contributed by atoms with Gasteiger partial charge in [0.1, 0.15) is 18.3 Å². The highest BCUT2D eigenvalue weighted by Gasteiger charge is 2.41. The van der Waals surface area contributed by atoms with Crippen LogP contribution in [0.15, 0.2) is 73.4 Å². The Balaban J connectivity index is 0.000000345. The van der Waals surface area contributed by atoms with Crippen molar-refractivity contribution in [1.29, 1.82) is 0 Å². The minimum atomic E-state index is -3.67. The van der Waals surface area contributed by atoms with Crippen LogP contribution in [0.4, 0.5) is 8.78 Å². The molecule has 2 aromatic heterocycles. The molecule has 178 valence electrons. The molecule has 2 aromatic carbocycles. The summed E-state index contributed by atoms with van der Waals surface area (Å²) in [5.74, 6) is -4.94. The zero-order chi connectivity index (χ0) is 24.0. The van der Waals surface area contributed by atoms with Crippen molar-refractivity contribution in [2.24, 2.45) is 0 Å².